The molecule has 0 amide bonds. The first-order valence-corrected chi connectivity index (χ1v) is 13.7. The first kappa shape index (κ1) is 27.0. The molecule has 206 valence electrons. The topological polar surface area (TPSA) is 204 Å². The molecular weight excluding hydrogens is 531 g/mol. The van der Waals surface area contributed by atoms with Crippen LogP contribution in [0.25, 0.3) is 5.52 Å². The highest BCUT2D eigenvalue weighted by molar-refractivity contribution is 7.52. The van der Waals surface area contributed by atoms with Crippen molar-refractivity contribution in [2.75, 3.05) is 18.9 Å². The number of carbonyl (C=O) groups excluding carboxylic acids is 1. The van der Waals surface area contributed by atoms with E-state index in [9.17, 15) is 24.8 Å². The van der Waals surface area contributed by atoms with Crippen molar-refractivity contribution >= 4 is 25.1 Å². The maximum absolute atomic E-state index is 14.0. The zero-order valence-corrected chi connectivity index (χ0v) is 21.7. The van der Waals surface area contributed by atoms with E-state index in [-0.39, 0.29) is 18.2 Å². The average Bonchev–Trinajstić information content (AvgIpc) is 3.50. The predicted molar refractivity (Wildman–Crippen MR) is 134 cm³/mol. The molecule has 0 spiro atoms. The Hall–Kier alpha value is -3.57. The monoisotopic (exact) mass is 558 g/mol. The number of aliphatic hydroxyl groups is 2. The third-order valence-electron chi connectivity index (χ3n) is 6.63. The summed E-state index contributed by atoms with van der Waals surface area (Å²) in [5.74, 6) is -0.268. The number of nitrogens with two attached hydrogens (primary N) is 1. The number of nitrogens with zero attached hydrogens (tertiary/aromatic N) is 4. The van der Waals surface area contributed by atoms with E-state index >= 15 is 0 Å². The number of esters is 1. The zero-order valence-electron chi connectivity index (χ0n) is 20.8. The van der Waals surface area contributed by atoms with E-state index in [1.165, 1.54) is 23.0 Å². The molecule has 3 aromatic rings. The van der Waals surface area contributed by atoms with Crippen LogP contribution in [-0.2, 0) is 23.4 Å². The number of anilines is 1. The zero-order chi connectivity index (χ0) is 27.8. The second-order valence-corrected chi connectivity index (χ2v) is 10.9. The Morgan fingerprint density at radius 2 is 2.05 bits per heavy atom. The van der Waals surface area contributed by atoms with E-state index in [0.29, 0.717) is 24.1 Å². The van der Waals surface area contributed by atoms with Gasteiger partial charge in [0.1, 0.15) is 54.1 Å². The van der Waals surface area contributed by atoms with Crippen molar-refractivity contribution in [3.8, 4) is 11.8 Å². The third-order valence-corrected chi connectivity index (χ3v) is 8.25. The molecule has 5 atom stereocenters. The van der Waals surface area contributed by atoms with Gasteiger partial charge in [-0.25, -0.2) is 14.1 Å². The SMILES string of the molecule is CCOC(=O)C1(NP(=O)(OC[C@@]2(C#N)O[C@@H](c3ccc4c(N)ncnn34)[C@H](O)[C@@H]2O)Oc2ccccc2)CC1. The number of carbonyl (C=O) groups is 1. The number of nitrogen functional groups attached to an aromatic ring is 1. The van der Waals surface area contributed by atoms with E-state index in [0.717, 1.165) is 0 Å². The summed E-state index contributed by atoms with van der Waals surface area (Å²) in [5, 5.41) is 38.6. The summed E-state index contributed by atoms with van der Waals surface area (Å²) in [4.78, 5) is 16.5. The van der Waals surface area contributed by atoms with E-state index in [1.54, 1.807) is 37.3 Å². The lowest BCUT2D eigenvalue weighted by Gasteiger charge is -2.29. The van der Waals surface area contributed by atoms with Crippen LogP contribution >= 0.6 is 7.75 Å². The molecule has 0 radical (unpaired) electrons. The molecule has 5 N–H and O–H groups in total. The highest BCUT2D eigenvalue weighted by Crippen LogP contribution is 2.53. The summed E-state index contributed by atoms with van der Waals surface area (Å²) < 4.78 is 37.6. The molecule has 0 bridgehead atoms. The quantitative estimate of drug-likeness (QED) is 0.205. The molecule has 2 aromatic heterocycles. The van der Waals surface area contributed by atoms with E-state index in [4.69, 9.17) is 24.3 Å². The minimum atomic E-state index is -4.37. The highest BCUT2D eigenvalue weighted by atomic mass is 31.2. The minimum absolute atomic E-state index is 0.120. The van der Waals surface area contributed by atoms with Gasteiger partial charge < -0.3 is 29.9 Å². The summed E-state index contributed by atoms with van der Waals surface area (Å²) in [7, 11) is -4.37. The number of aromatic nitrogens is 3. The second-order valence-electron chi connectivity index (χ2n) is 9.27. The molecule has 14 nitrogen and oxygen atoms in total. The summed E-state index contributed by atoms with van der Waals surface area (Å²) >= 11 is 0. The largest absolute Gasteiger partial charge is 0.465 e. The lowest BCUT2D eigenvalue weighted by molar-refractivity contribution is -0.146. The number of rotatable bonds is 10. The van der Waals surface area contributed by atoms with Crippen molar-refractivity contribution in [2.24, 2.45) is 0 Å². The van der Waals surface area contributed by atoms with Gasteiger partial charge in [0.2, 0.25) is 5.60 Å². The lowest BCUT2D eigenvalue weighted by Crippen LogP contribution is -2.47. The fraction of sp³-hybridized carbons (Fsp3) is 0.417. The lowest BCUT2D eigenvalue weighted by atomic mass is 9.96. The van der Waals surface area contributed by atoms with Gasteiger partial charge in [0.05, 0.1) is 12.3 Å². The van der Waals surface area contributed by atoms with Crippen LogP contribution in [0.3, 0.4) is 0 Å². The smallest absolute Gasteiger partial charge is 0.459 e. The van der Waals surface area contributed by atoms with Crippen LogP contribution in [0.4, 0.5) is 5.82 Å². The predicted octanol–water partition coefficient (Wildman–Crippen LogP) is 1.26. The summed E-state index contributed by atoms with van der Waals surface area (Å²) in [5.41, 5.74) is 3.16. The normalized spacial score (nSPS) is 27.0. The van der Waals surface area contributed by atoms with Gasteiger partial charge >= 0.3 is 13.7 Å². The number of ether oxygens (including phenoxy) is 2. The molecule has 1 saturated heterocycles. The fourth-order valence-electron chi connectivity index (χ4n) is 4.38. The van der Waals surface area contributed by atoms with Crippen LogP contribution in [0.1, 0.15) is 31.6 Å². The molecule has 5 rings (SSSR count). The van der Waals surface area contributed by atoms with Crippen LogP contribution in [-0.4, -0.2) is 67.3 Å². The Bertz CT molecular complexity index is 1460. The Kier molecular flexibility index (Phi) is 7.06. The fourth-order valence-corrected chi connectivity index (χ4v) is 6.14. The van der Waals surface area contributed by atoms with Crippen molar-refractivity contribution in [3.05, 3.63) is 54.5 Å². The molecule has 1 unspecified atom stereocenters. The third kappa shape index (κ3) is 4.96. The van der Waals surface area contributed by atoms with Gasteiger partial charge in [0, 0.05) is 0 Å². The Balaban J connectivity index is 1.41. The Labute approximate surface area is 222 Å². The van der Waals surface area contributed by atoms with Crippen molar-refractivity contribution in [3.63, 3.8) is 0 Å². The highest BCUT2D eigenvalue weighted by Gasteiger charge is 2.60. The second kappa shape index (κ2) is 10.2. The number of hydrogen-bond donors (Lipinski definition) is 4. The molecule has 3 heterocycles. The Morgan fingerprint density at radius 3 is 2.72 bits per heavy atom. The van der Waals surface area contributed by atoms with E-state index in [1.807, 2.05) is 6.07 Å². The van der Waals surface area contributed by atoms with Crippen LogP contribution in [0.5, 0.6) is 5.75 Å². The van der Waals surface area contributed by atoms with Crippen molar-refractivity contribution < 1.29 is 38.1 Å². The number of fused-ring (bicyclic) bond motifs is 1. The number of nitriles is 1. The molecule has 1 aromatic carbocycles. The van der Waals surface area contributed by atoms with Crippen LogP contribution in [0.2, 0.25) is 0 Å². The van der Waals surface area contributed by atoms with Gasteiger partial charge in [0.15, 0.2) is 5.82 Å². The first-order valence-electron chi connectivity index (χ1n) is 12.1. The van der Waals surface area contributed by atoms with Crippen LogP contribution in [0, 0.1) is 11.3 Å². The molecule has 2 fully saturated rings. The number of aliphatic hydroxyl groups excluding tert-OH is 2. The molecule has 1 saturated carbocycles. The molecule has 1 aliphatic carbocycles. The number of hydrogen-bond acceptors (Lipinski definition) is 12. The summed E-state index contributed by atoms with van der Waals surface area (Å²) in [6.45, 7) is 0.986. The number of benzene rings is 1. The molecule has 2 aliphatic rings. The van der Waals surface area contributed by atoms with Crippen molar-refractivity contribution in [2.45, 2.75) is 49.2 Å². The van der Waals surface area contributed by atoms with Gasteiger partial charge in [0.25, 0.3) is 0 Å². The van der Waals surface area contributed by atoms with Crippen molar-refractivity contribution in [1.82, 2.24) is 19.7 Å². The molecular formula is C24H27N6O8P. The van der Waals surface area contributed by atoms with Crippen molar-refractivity contribution in [1.29, 1.82) is 5.26 Å². The number of nitrogens with one attached hydrogen (secondary N) is 1. The standard InChI is InChI=1S/C24H27N6O8P/c1-2-35-22(33)23(10-11-23)29-39(34,38-15-6-4-3-5-7-15)36-13-24(12-25)20(32)18(31)19(37-24)16-8-9-17-21(26)27-14-28-30(16)17/h3-9,14,18-20,31-32H,2,10-11,13H2,1H3,(H,29,34)(H2,26,27,28)/t18-,19-,20-,24+,39?/m0/s1. The van der Waals surface area contributed by atoms with Gasteiger partial charge in [-0.1, -0.05) is 18.2 Å². The maximum Gasteiger partial charge on any atom is 0.459 e. The van der Waals surface area contributed by atoms with E-state index in [2.05, 4.69) is 15.2 Å². The Morgan fingerprint density at radius 1 is 1.31 bits per heavy atom. The summed E-state index contributed by atoms with van der Waals surface area (Å²) in [6.07, 6.45) is -2.72. The van der Waals surface area contributed by atoms with Gasteiger partial charge in [-0.05, 0) is 44.0 Å². The van der Waals surface area contributed by atoms with E-state index < -0.39 is 49.8 Å². The van der Waals surface area contributed by atoms with Gasteiger partial charge in [-0.2, -0.15) is 15.4 Å². The van der Waals surface area contributed by atoms with Crippen LogP contribution < -0.4 is 15.3 Å². The molecule has 1 aliphatic heterocycles. The minimum Gasteiger partial charge on any atom is -0.465 e. The number of para-hydroxylation sites is 1. The van der Waals surface area contributed by atoms with Gasteiger partial charge in [-0.15, -0.1) is 0 Å². The molecule has 15 heteroatoms. The van der Waals surface area contributed by atoms with Crippen LogP contribution in [0.15, 0.2) is 48.8 Å². The first-order chi connectivity index (χ1) is 18.7. The average molecular weight is 558 g/mol. The molecule has 39 heavy (non-hydrogen) atoms. The van der Waals surface area contributed by atoms with Gasteiger partial charge in [-0.3, -0.25) is 9.32 Å². The summed E-state index contributed by atoms with van der Waals surface area (Å²) in [6, 6.07) is 13.1. The maximum atomic E-state index is 14.0.